The molecule has 5 nitrogen and oxygen atoms in total. The van der Waals surface area contributed by atoms with E-state index in [0.29, 0.717) is 13.1 Å². The third-order valence-electron chi connectivity index (χ3n) is 3.66. The number of rotatable bonds is 8. The minimum Gasteiger partial charge on any atom is -0.376 e. The molecule has 5 heteroatoms. The molecular weight excluding hydrogens is 264 g/mol. The number of piperazine rings is 1. The Bertz CT molecular complexity index is 372. The van der Waals surface area contributed by atoms with Crippen LogP contribution in [0.2, 0.25) is 0 Å². The summed E-state index contributed by atoms with van der Waals surface area (Å²) in [6.07, 6.45) is 6.17. The van der Waals surface area contributed by atoms with Gasteiger partial charge in [0.2, 0.25) is 0 Å². The molecule has 0 aromatic rings. The van der Waals surface area contributed by atoms with Gasteiger partial charge in [0.1, 0.15) is 11.6 Å². The van der Waals surface area contributed by atoms with Crippen molar-refractivity contribution in [1.82, 2.24) is 15.1 Å². The second kappa shape index (κ2) is 10.2. The standard InChI is InChI=1S/C16H28N4O/c1-3-5-9-19(10-6-4-2)14-15(13-17)16(21)20-11-7-18-8-12-20/h14,18H,3-12H2,1-2H3/b15-14-. The summed E-state index contributed by atoms with van der Waals surface area (Å²) in [4.78, 5) is 16.3. The van der Waals surface area contributed by atoms with Crippen LogP contribution in [0.5, 0.6) is 0 Å². The second-order valence-corrected chi connectivity index (χ2v) is 5.44. The van der Waals surface area contributed by atoms with Crippen LogP contribution < -0.4 is 5.32 Å². The molecule has 1 fully saturated rings. The summed E-state index contributed by atoms with van der Waals surface area (Å²) in [6.45, 7) is 9.11. The van der Waals surface area contributed by atoms with E-state index in [-0.39, 0.29) is 11.5 Å². The highest BCUT2D eigenvalue weighted by Crippen LogP contribution is 2.07. The van der Waals surface area contributed by atoms with Gasteiger partial charge in [-0.1, -0.05) is 26.7 Å². The van der Waals surface area contributed by atoms with Gasteiger partial charge in [-0.25, -0.2) is 0 Å². The minimum atomic E-state index is -0.128. The fourth-order valence-electron chi connectivity index (χ4n) is 2.32. The molecule has 0 radical (unpaired) electrons. The Morgan fingerprint density at radius 1 is 1.24 bits per heavy atom. The average molecular weight is 292 g/mol. The average Bonchev–Trinajstić information content (AvgIpc) is 2.54. The molecule has 118 valence electrons. The van der Waals surface area contributed by atoms with Crippen LogP contribution in [0.3, 0.4) is 0 Å². The second-order valence-electron chi connectivity index (χ2n) is 5.44. The molecule has 1 aliphatic heterocycles. The van der Waals surface area contributed by atoms with Crippen LogP contribution in [-0.2, 0) is 4.79 Å². The molecule has 1 amide bonds. The Balaban J connectivity index is 2.71. The molecular formula is C16H28N4O. The molecule has 0 bridgehead atoms. The maximum Gasteiger partial charge on any atom is 0.266 e. The number of unbranched alkanes of at least 4 members (excludes halogenated alkanes) is 2. The van der Waals surface area contributed by atoms with Gasteiger partial charge < -0.3 is 15.1 Å². The Hall–Kier alpha value is -1.54. The van der Waals surface area contributed by atoms with Crippen molar-refractivity contribution >= 4 is 5.91 Å². The lowest BCUT2D eigenvalue weighted by atomic mass is 10.2. The number of carbonyl (C=O) groups excluding carboxylic acids is 1. The lowest BCUT2D eigenvalue weighted by Gasteiger charge is -2.28. The zero-order chi connectivity index (χ0) is 15.5. The Morgan fingerprint density at radius 3 is 2.29 bits per heavy atom. The molecule has 0 aromatic heterocycles. The highest BCUT2D eigenvalue weighted by Gasteiger charge is 2.20. The first-order valence-corrected chi connectivity index (χ1v) is 8.08. The highest BCUT2D eigenvalue weighted by atomic mass is 16.2. The maximum absolute atomic E-state index is 12.4. The maximum atomic E-state index is 12.4. The summed E-state index contributed by atoms with van der Waals surface area (Å²) < 4.78 is 0. The van der Waals surface area contributed by atoms with Gasteiger partial charge in [0.25, 0.3) is 5.91 Å². The van der Waals surface area contributed by atoms with Crippen LogP contribution in [0.1, 0.15) is 39.5 Å². The normalized spacial score (nSPS) is 15.7. The van der Waals surface area contributed by atoms with Gasteiger partial charge in [0, 0.05) is 45.5 Å². The van der Waals surface area contributed by atoms with Crippen LogP contribution in [0, 0.1) is 11.3 Å². The predicted octanol–water partition coefficient (Wildman–Crippen LogP) is 1.73. The van der Waals surface area contributed by atoms with Gasteiger partial charge in [-0.3, -0.25) is 4.79 Å². The van der Waals surface area contributed by atoms with E-state index >= 15 is 0 Å². The first-order chi connectivity index (χ1) is 10.2. The molecule has 0 aromatic carbocycles. The van der Waals surface area contributed by atoms with E-state index in [1.807, 2.05) is 0 Å². The Morgan fingerprint density at radius 2 is 1.81 bits per heavy atom. The van der Waals surface area contributed by atoms with Crippen molar-refractivity contribution in [2.24, 2.45) is 0 Å². The molecule has 0 unspecified atom stereocenters. The van der Waals surface area contributed by atoms with Gasteiger partial charge in [-0.05, 0) is 12.8 Å². The van der Waals surface area contributed by atoms with Crippen molar-refractivity contribution in [3.05, 3.63) is 11.8 Å². The van der Waals surface area contributed by atoms with Crippen LogP contribution >= 0.6 is 0 Å². The van der Waals surface area contributed by atoms with Crippen molar-refractivity contribution in [2.75, 3.05) is 39.3 Å². The summed E-state index contributed by atoms with van der Waals surface area (Å²) >= 11 is 0. The molecule has 0 saturated carbocycles. The number of nitrogens with zero attached hydrogens (tertiary/aromatic N) is 3. The first kappa shape index (κ1) is 17.5. The van der Waals surface area contributed by atoms with Gasteiger partial charge in [0.05, 0.1) is 0 Å². The number of nitrogens with one attached hydrogen (secondary N) is 1. The van der Waals surface area contributed by atoms with Crippen molar-refractivity contribution in [3.63, 3.8) is 0 Å². The Labute approximate surface area is 128 Å². The van der Waals surface area contributed by atoms with E-state index in [0.717, 1.165) is 51.9 Å². The lowest BCUT2D eigenvalue weighted by molar-refractivity contribution is -0.127. The third kappa shape index (κ3) is 6.17. The molecule has 0 atom stereocenters. The topological polar surface area (TPSA) is 59.4 Å². The number of amides is 1. The van der Waals surface area contributed by atoms with Gasteiger partial charge in [0.15, 0.2) is 0 Å². The number of nitriles is 1. The molecule has 1 N–H and O–H groups in total. The molecule has 0 aliphatic carbocycles. The van der Waals surface area contributed by atoms with Crippen LogP contribution in [0.15, 0.2) is 11.8 Å². The molecule has 21 heavy (non-hydrogen) atoms. The summed E-state index contributed by atoms with van der Waals surface area (Å²) in [6, 6.07) is 2.09. The summed E-state index contributed by atoms with van der Waals surface area (Å²) in [7, 11) is 0. The molecule has 1 aliphatic rings. The number of carbonyl (C=O) groups is 1. The summed E-state index contributed by atoms with van der Waals surface area (Å²) in [5.41, 5.74) is 0.268. The highest BCUT2D eigenvalue weighted by molar-refractivity contribution is 5.97. The zero-order valence-corrected chi connectivity index (χ0v) is 13.4. The van der Waals surface area contributed by atoms with Gasteiger partial charge >= 0.3 is 0 Å². The van der Waals surface area contributed by atoms with Gasteiger partial charge in [-0.2, -0.15) is 5.26 Å². The van der Waals surface area contributed by atoms with E-state index in [1.165, 1.54) is 0 Å². The van der Waals surface area contributed by atoms with E-state index < -0.39 is 0 Å². The predicted molar refractivity (Wildman–Crippen MR) is 84.5 cm³/mol. The van der Waals surface area contributed by atoms with E-state index in [9.17, 15) is 10.1 Å². The van der Waals surface area contributed by atoms with Crippen LogP contribution in [0.25, 0.3) is 0 Å². The quantitative estimate of drug-likeness (QED) is 0.547. The zero-order valence-electron chi connectivity index (χ0n) is 13.4. The van der Waals surface area contributed by atoms with Crippen molar-refractivity contribution in [2.45, 2.75) is 39.5 Å². The third-order valence-corrected chi connectivity index (χ3v) is 3.66. The minimum absolute atomic E-state index is 0.128. The summed E-state index contributed by atoms with van der Waals surface area (Å²) in [5.74, 6) is -0.128. The Kier molecular flexibility index (Phi) is 8.53. The van der Waals surface area contributed by atoms with E-state index in [2.05, 4.69) is 30.1 Å². The summed E-state index contributed by atoms with van der Waals surface area (Å²) in [5, 5.41) is 12.5. The lowest BCUT2D eigenvalue weighted by Crippen LogP contribution is -2.47. The van der Waals surface area contributed by atoms with Gasteiger partial charge in [-0.15, -0.1) is 0 Å². The monoisotopic (exact) mass is 292 g/mol. The largest absolute Gasteiger partial charge is 0.376 e. The molecule has 1 saturated heterocycles. The fourth-order valence-corrected chi connectivity index (χ4v) is 2.32. The molecule has 0 spiro atoms. The number of hydrogen-bond acceptors (Lipinski definition) is 4. The number of hydrogen-bond donors (Lipinski definition) is 1. The van der Waals surface area contributed by atoms with Crippen LogP contribution in [0.4, 0.5) is 0 Å². The molecule has 1 heterocycles. The molecule has 1 rings (SSSR count). The van der Waals surface area contributed by atoms with E-state index in [1.54, 1.807) is 11.1 Å². The first-order valence-electron chi connectivity index (χ1n) is 8.08. The fraction of sp³-hybridized carbons (Fsp3) is 0.750. The van der Waals surface area contributed by atoms with E-state index in [4.69, 9.17) is 0 Å². The SMILES string of the molecule is CCCCN(/C=C(/C#N)C(=O)N1CCNCC1)CCCC. The van der Waals surface area contributed by atoms with Crippen molar-refractivity contribution in [3.8, 4) is 6.07 Å². The van der Waals surface area contributed by atoms with Crippen molar-refractivity contribution in [1.29, 1.82) is 5.26 Å². The van der Waals surface area contributed by atoms with Crippen LogP contribution in [-0.4, -0.2) is 55.0 Å². The van der Waals surface area contributed by atoms with Crippen molar-refractivity contribution < 1.29 is 4.79 Å². The smallest absolute Gasteiger partial charge is 0.266 e.